The number of amides is 1. The maximum Gasteiger partial charge on any atom is 0.224 e. The van der Waals surface area contributed by atoms with E-state index in [1.165, 1.54) is 16.7 Å². The lowest BCUT2D eigenvalue weighted by molar-refractivity contribution is -0.120. The van der Waals surface area contributed by atoms with Gasteiger partial charge in [-0.3, -0.25) is 4.79 Å². The van der Waals surface area contributed by atoms with Gasteiger partial charge in [0.2, 0.25) is 5.91 Å². The molecule has 2 heteroatoms. The lowest BCUT2D eigenvalue weighted by Crippen LogP contribution is -2.28. The van der Waals surface area contributed by atoms with Crippen molar-refractivity contribution < 1.29 is 4.79 Å². The molecule has 0 aliphatic heterocycles. The molecular weight excluding hydrogens is 306 g/mol. The highest BCUT2D eigenvalue weighted by Gasteiger charge is 2.08. The summed E-state index contributed by atoms with van der Waals surface area (Å²) in [6, 6.07) is 28.7. The second kappa shape index (κ2) is 8.29. The molecule has 25 heavy (non-hydrogen) atoms. The van der Waals surface area contributed by atoms with Gasteiger partial charge in [0.25, 0.3) is 0 Å². The van der Waals surface area contributed by atoms with Gasteiger partial charge in [0, 0.05) is 6.54 Å². The lowest BCUT2D eigenvalue weighted by Gasteiger charge is -2.13. The molecule has 0 radical (unpaired) electrons. The van der Waals surface area contributed by atoms with E-state index in [0.29, 0.717) is 18.9 Å². The maximum absolute atomic E-state index is 12.2. The molecule has 0 bridgehead atoms. The van der Waals surface area contributed by atoms with Crippen LogP contribution >= 0.6 is 0 Å². The fraction of sp³-hybridized carbons (Fsp3) is 0.174. The van der Waals surface area contributed by atoms with Gasteiger partial charge in [-0.2, -0.15) is 0 Å². The first-order valence-corrected chi connectivity index (χ1v) is 8.68. The van der Waals surface area contributed by atoms with Crippen LogP contribution in [0.4, 0.5) is 0 Å². The van der Waals surface area contributed by atoms with Gasteiger partial charge < -0.3 is 5.32 Å². The van der Waals surface area contributed by atoms with E-state index in [4.69, 9.17) is 0 Å². The number of hydrogen-bond acceptors (Lipinski definition) is 1. The Labute approximate surface area is 149 Å². The maximum atomic E-state index is 12.2. The predicted octanol–water partition coefficient (Wildman–Crippen LogP) is 4.82. The van der Waals surface area contributed by atoms with Crippen LogP contribution in [-0.2, 0) is 11.2 Å². The third kappa shape index (κ3) is 4.80. The van der Waals surface area contributed by atoms with Crippen LogP contribution in [0.1, 0.15) is 24.0 Å². The quantitative estimate of drug-likeness (QED) is 0.690. The molecule has 1 amide bonds. The van der Waals surface area contributed by atoms with Crippen molar-refractivity contribution >= 4 is 5.91 Å². The fourth-order valence-electron chi connectivity index (χ4n) is 2.86. The van der Waals surface area contributed by atoms with E-state index >= 15 is 0 Å². The van der Waals surface area contributed by atoms with Crippen molar-refractivity contribution in [1.82, 2.24) is 5.32 Å². The Morgan fingerprint density at radius 1 is 0.800 bits per heavy atom. The predicted molar refractivity (Wildman–Crippen MR) is 103 cm³/mol. The Morgan fingerprint density at radius 2 is 1.36 bits per heavy atom. The summed E-state index contributed by atoms with van der Waals surface area (Å²) in [5.74, 6) is 0.376. The zero-order chi connectivity index (χ0) is 17.5. The Kier molecular flexibility index (Phi) is 5.63. The number of rotatable bonds is 6. The molecule has 1 N–H and O–H groups in total. The van der Waals surface area contributed by atoms with Crippen LogP contribution in [0.3, 0.4) is 0 Å². The molecule has 126 valence electrons. The molecule has 0 fully saturated rings. The van der Waals surface area contributed by atoms with Crippen LogP contribution in [0.5, 0.6) is 0 Å². The number of hydrogen-bond donors (Lipinski definition) is 1. The van der Waals surface area contributed by atoms with Gasteiger partial charge >= 0.3 is 0 Å². The summed E-state index contributed by atoms with van der Waals surface area (Å²) < 4.78 is 0. The molecule has 0 aliphatic carbocycles. The zero-order valence-electron chi connectivity index (χ0n) is 14.5. The molecule has 0 unspecified atom stereocenters. The molecule has 1 atom stereocenters. The van der Waals surface area contributed by atoms with Crippen molar-refractivity contribution in [1.29, 1.82) is 0 Å². The average molecular weight is 329 g/mol. The summed E-state index contributed by atoms with van der Waals surface area (Å²) in [6.45, 7) is 2.79. The summed E-state index contributed by atoms with van der Waals surface area (Å²) >= 11 is 0. The largest absolute Gasteiger partial charge is 0.355 e. The summed E-state index contributed by atoms with van der Waals surface area (Å²) in [6.07, 6.45) is 0.413. The summed E-state index contributed by atoms with van der Waals surface area (Å²) in [5, 5.41) is 3.04. The highest BCUT2D eigenvalue weighted by atomic mass is 16.1. The van der Waals surface area contributed by atoms with E-state index in [9.17, 15) is 4.79 Å². The minimum Gasteiger partial charge on any atom is -0.355 e. The summed E-state index contributed by atoms with van der Waals surface area (Å²) in [5.41, 5.74) is 4.64. The molecule has 3 aromatic carbocycles. The van der Waals surface area contributed by atoms with Crippen molar-refractivity contribution in [3.05, 3.63) is 96.1 Å². The van der Waals surface area contributed by atoms with Gasteiger partial charge in [-0.25, -0.2) is 0 Å². The minimum absolute atomic E-state index is 0.0650. The van der Waals surface area contributed by atoms with Crippen molar-refractivity contribution in [2.75, 3.05) is 6.54 Å². The van der Waals surface area contributed by atoms with Gasteiger partial charge in [-0.1, -0.05) is 91.9 Å². The van der Waals surface area contributed by atoms with Crippen molar-refractivity contribution in [3.8, 4) is 11.1 Å². The Balaban J connectivity index is 1.53. The number of carbonyl (C=O) groups excluding carboxylic acids is 1. The van der Waals surface area contributed by atoms with Crippen LogP contribution < -0.4 is 5.32 Å². The summed E-state index contributed by atoms with van der Waals surface area (Å²) in [4.78, 5) is 12.2. The highest BCUT2D eigenvalue weighted by Crippen LogP contribution is 2.19. The van der Waals surface area contributed by atoms with Crippen LogP contribution in [0, 0.1) is 0 Å². The molecule has 0 aliphatic rings. The van der Waals surface area contributed by atoms with Gasteiger partial charge in [-0.15, -0.1) is 0 Å². The number of benzene rings is 3. The fourth-order valence-corrected chi connectivity index (χ4v) is 2.86. The SMILES string of the molecule is C[C@H](CNC(=O)Cc1ccc(-c2ccccc2)cc1)c1ccccc1. The molecule has 0 spiro atoms. The van der Waals surface area contributed by atoms with E-state index in [1.807, 2.05) is 48.5 Å². The Hall–Kier alpha value is -2.87. The first-order chi connectivity index (χ1) is 12.2. The van der Waals surface area contributed by atoms with Crippen molar-refractivity contribution in [2.24, 2.45) is 0 Å². The second-order valence-electron chi connectivity index (χ2n) is 6.36. The topological polar surface area (TPSA) is 29.1 Å². The monoisotopic (exact) mass is 329 g/mol. The van der Waals surface area contributed by atoms with E-state index in [0.717, 1.165) is 5.56 Å². The number of carbonyl (C=O) groups is 1. The summed E-state index contributed by atoms with van der Waals surface area (Å²) in [7, 11) is 0. The molecule has 0 aromatic heterocycles. The standard InChI is InChI=1S/C23H23NO/c1-18(20-8-4-2-5-9-20)17-24-23(25)16-19-12-14-22(15-13-19)21-10-6-3-7-11-21/h2-15,18H,16-17H2,1H3,(H,24,25)/t18-/m1/s1. The van der Waals surface area contributed by atoms with Gasteiger partial charge in [0.05, 0.1) is 6.42 Å². The number of nitrogens with one attached hydrogen (secondary N) is 1. The van der Waals surface area contributed by atoms with E-state index in [1.54, 1.807) is 0 Å². The van der Waals surface area contributed by atoms with Crippen LogP contribution in [0.15, 0.2) is 84.9 Å². The van der Waals surface area contributed by atoms with Crippen LogP contribution in [-0.4, -0.2) is 12.5 Å². The zero-order valence-corrected chi connectivity index (χ0v) is 14.5. The van der Waals surface area contributed by atoms with E-state index in [-0.39, 0.29) is 5.91 Å². The van der Waals surface area contributed by atoms with E-state index in [2.05, 4.69) is 48.6 Å². The van der Waals surface area contributed by atoms with Crippen LogP contribution in [0.2, 0.25) is 0 Å². The van der Waals surface area contributed by atoms with Gasteiger partial charge in [0.1, 0.15) is 0 Å². The Morgan fingerprint density at radius 3 is 2.00 bits per heavy atom. The molecule has 0 saturated carbocycles. The van der Waals surface area contributed by atoms with Crippen molar-refractivity contribution in [2.45, 2.75) is 19.3 Å². The van der Waals surface area contributed by atoms with Gasteiger partial charge in [-0.05, 0) is 28.2 Å². The third-order valence-corrected chi connectivity index (χ3v) is 4.40. The first kappa shape index (κ1) is 17.0. The van der Waals surface area contributed by atoms with Gasteiger partial charge in [0.15, 0.2) is 0 Å². The molecule has 0 saturated heterocycles. The minimum atomic E-state index is 0.0650. The Bertz CT molecular complexity index is 795. The molecule has 3 aromatic rings. The second-order valence-corrected chi connectivity index (χ2v) is 6.36. The lowest BCUT2D eigenvalue weighted by atomic mass is 10.0. The molecule has 0 heterocycles. The van der Waals surface area contributed by atoms with Crippen molar-refractivity contribution in [3.63, 3.8) is 0 Å². The normalized spacial score (nSPS) is 11.7. The van der Waals surface area contributed by atoms with Crippen LogP contribution in [0.25, 0.3) is 11.1 Å². The smallest absolute Gasteiger partial charge is 0.224 e. The third-order valence-electron chi connectivity index (χ3n) is 4.40. The highest BCUT2D eigenvalue weighted by molar-refractivity contribution is 5.79. The average Bonchev–Trinajstić information content (AvgIpc) is 2.68. The molecule has 3 rings (SSSR count). The first-order valence-electron chi connectivity index (χ1n) is 8.68. The molecular formula is C23H23NO. The van der Waals surface area contributed by atoms with E-state index < -0.39 is 0 Å². The molecule has 2 nitrogen and oxygen atoms in total.